The highest BCUT2D eigenvalue weighted by Crippen LogP contribution is 2.28. The van der Waals surface area contributed by atoms with E-state index in [2.05, 4.69) is 9.88 Å². The van der Waals surface area contributed by atoms with Crippen LogP contribution in [0.1, 0.15) is 10.5 Å². The number of piperazine rings is 1. The second-order valence-electron chi connectivity index (χ2n) is 5.40. The summed E-state index contributed by atoms with van der Waals surface area (Å²) in [5.41, 5.74) is 7.11. The van der Waals surface area contributed by atoms with Crippen LogP contribution < -0.4 is 15.4 Å². The lowest BCUT2D eigenvalue weighted by molar-refractivity contribution is 0.0741. The number of hydrogen-bond acceptors (Lipinski definition) is 5. The molecule has 6 nitrogen and oxygen atoms in total. The number of ether oxygens (including phenoxy) is 1. The molecule has 7 heteroatoms. The number of aromatic nitrogens is 1. The van der Waals surface area contributed by atoms with Gasteiger partial charge in [-0.1, -0.05) is 18.2 Å². The lowest BCUT2D eigenvalue weighted by atomic mass is 10.2. The maximum atomic E-state index is 12.5. The fourth-order valence-corrected chi connectivity index (χ4v) is 2.77. The van der Waals surface area contributed by atoms with Crippen LogP contribution in [0.15, 0.2) is 42.5 Å². The molecule has 0 bridgehead atoms. The number of anilines is 2. The normalized spacial score (nSPS) is 14.0. The maximum Gasteiger partial charge on any atom is 0.272 e. The molecule has 1 aliphatic heterocycles. The van der Waals surface area contributed by atoms with E-state index >= 15 is 0 Å². The van der Waals surface area contributed by atoms with Gasteiger partial charge in [-0.05, 0) is 24.3 Å². The first kappa shape index (κ1) is 17.9. The van der Waals surface area contributed by atoms with Crippen LogP contribution in [0.3, 0.4) is 0 Å². The van der Waals surface area contributed by atoms with Crippen molar-refractivity contribution in [2.75, 3.05) is 43.9 Å². The lowest BCUT2D eigenvalue weighted by Crippen LogP contribution is -2.49. The van der Waals surface area contributed by atoms with E-state index in [1.807, 2.05) is 29.2 Å². The number of para-hydroxylation sites is 2. The molecule has 128 valence electrons. The lowest BCUT2D eigenvalue weighted by Gasteiger charge is -2.36. The van der Waals surface area contributed by atoms with E-state index in [4.69, 9.17) is 10.5 Å². The maximum absolute atomic E-state index is 12.5. The second-order valence-corrected chi connectivity index (χ2v) is 5.40. The largest absolute Gasteiger partial charge is 0.495 e. The van der Waals surface area contributed by atoms with Crippen molar-refractivity contribution in [3.05, 3.63) is 48.2 Å². The van der Waals surface area contributed by atoms with E-state index in [0.717, 1.165) is 24.5 Å². The first-order chi connectivity index (χ1) is 11.2. The number of rotatable bonds is 3. The van der Waals surface area contributed by atoms with Crippen molar-refractivity contribution >= 4 is 29.8 Å². The Morgan fingerprint density at radius 2 is 1.79 bits per heavy atom. The molecule has 0 radical (unpaired) electrons. The molecule has 1 amide bonds. The van der Waals surface area contributed by atoms with E-state index in [-0.39, 0.29) is 18.3 Å². The van der Waals surface area contributed by atoms with Gasteiger partial charge in [0.05, 0.1) is 12.8 Å². The van der Waals surface area contributed by atoms with Gasteiger partial charge in [-0.3, -0.25) is 4.79 Å². The Labute approximate surface area is 147 Å². The van der Waals surface area contributed by atoms with Crippen LogP contribution in [0, 0.1) is 0 Å². The summed E-state index contributed by atoms with van der Waals surface area (Å²) in [6.07, 6.45) is 0. The van der Waals surface area contributed by atoms with Crippen LogP contribution in [-0.4, -0.2) is 49.1 Å². The third-order valence-electron chi connectivity index (χ3n) is 3.98. The Morgan fingerprint density at radius 1 is 1.08 bits per heavy atom. The molecule has 0 unspecified atom stereocenters. The number of halogens is 1. The number of amides is 1. The molecule has 0 aliphatic carbocycles. The molecule has 1 aliphatic rings. The van der Waals surface area contributed by atoms with Gasteiger partial charge in [0, 0.05) is 26.2 Å². The number of nitrogens with zero attached hydrogens (tertiary/aromatic N) is 3. The van der Waals surface area contributed by atoms with Crippen LogP contribution in [0.5, 0.6) is 5.75 Å². The monoisotopic (exact) mass is 348 g/mol. The van der Waals surface area contributed by atoms with E-state index in [0.29, 0.717) is 24.6 Å². The molecule has 1 fully saturated rings. The Bertz CT molecular complexity index is 702. The van der Waals surface area contributed by atoms with Gasteiger partial charge < -0.3 is 20.3 Å². The summed E-state index contributed by atoms with van der Waals surface area (Å²) in [6, 6.07) is 13.1. The molecule has 0 saturated carbocycles. The van der Waals surface area contributed by atoms with E-state index in [1.54, 1.807) is 25.3 Å². The highest BCUT2D eigenvalue weighted by molar-refractivity contribution is 5.92. The molecule has 2 N–H and O–H groups in total. The van der Waals surface area contributed by atoms with Gasteiger partial charge in [-0.2, -0.15) is 0 Å². The van der Waals surface area contributed by atoms with E-state index < -0.39 is 0 Å². The average molecular weight is 349 g/mol. The predicted octanol–water partition coefficient (Wildman–Crippen LogP) is 2.06. The third-order valence-corrected chi connectivity index (χ3v) is 3.98. The van der Waals surface area contributed by atoms with E-state index in [9.17, 15) is 4.79 Å². The molecule has 24 heavy (non-hydrogen) atoms. The summed E-state index contributed by atoms with van der Waals surface area (Å²) >= 11 is 0. The molecule has 2 heterocycles. The Kier molecular flexibility index (Phi) is 5.87. The third kappa shape index (κ3) is 3.71. The van der Waals surface area contributed by atoms with Crippen LogP contribution in [0.2, 0.25) is 0 Å². The number of pyridine rings is 1. The zero-order valence-electron chi connectivity index (χ0n) is 13.5. The molecule has 3 rings (SSSR count). The van der Waals surface area contributed by atoms with Gasteiger partial charge in [0.2, 0.25) is 0 Å². The standard InChI is InChI=1S/C17H20N4O2.ClH/c1-23-15-7-3-2-6-14(15)20-9-11-21(12-10-20)17(22)13-5-4-8-16(18)19-13;/h2-8H,9-12H2,1H3,(H2,18,19);1H. The van der Waals surface area contributed by atoms with Crippen LogP contribution in [0.25, 0.3) is 0 Å². The van der Waals surface area contributed by atoms with Crippen molar-refractivity contribution in [2.24, 2.45) is 0 Å². The van der Waals surface area contributed by atoms with Crippen molar-refractivity contribution in [1.29, 1.82) is 0 Å². The molecule has 1 saturated heterocycles. The van der Waals surface area contributed by atoms with Crippen molar-refractivity contribution < 1.29 is 9.53 Å². The second kappa shape index (κ2) is 7.88. The van der Waals surface area contributed by atoms with Gasteiger partial charge in [-0.15, -0.1) is 12.4 Å². The Balaban J connectivity index is 0.00000208. The number of nitrogen functional groups attached to an aromatic ring is 1. The zero-order valence-corrected chi connectivity index (χ0v) is 14.3. The van der Waals surface area contributed by atoms with Crippen molar-refractivity contribution in [1.82, 2.24) is 9.88 Å². The van der Waals surface area contributed by atoms with Crippen LogP contribution in [0.4, 0.5) is 11.5 Å². The minimum Gasteiger partial charge on any atom is -0.495 e. The fraction of sp³-hybridized carbons (Fsp3) is 0.294. The number of carbonyl (C=O) groups is 1. The molecule has 0 spiro atoms. The summed E-state index contributed by atoms with van der Waals surface area (Å²) in [5.74, 6) is 1.14. The number of benzene rings is 1. The van der Waals surface area contributed by atoms with Gasteiger partial charge in [0.15, 0.2) is 0 Å². The number of methoxy groups -OCH3 is 1. The smallest absolute Gasteiger partial charge is 0.272 e. The topological polar surface area (TPSA) is 71.7 Å². The molecule has 1 aromatic carbocycles. The molecule has 1 aromatic heterocycles. The highest BCUT2D eigenvalue weighted by Gasteiger charge is 2.24. The van der Waals surface area contributed by atoms with Crippen LogP contribution in [-0.2, 0) is 0 Å². The van der Waals surface area contributed by atoms with E-state index in [1.165, 1.54) is 0 Å². The summed E-state index contributed by atoms with van der Waals surface area (Å²) in [5, 5.41) is 0. The zero-order chi connectivity index (χ0) is 16.2. The SMILES string of the molecule is COc1ccccc1N1CCN(C(=O)c2cccc(N)n2)CC1.Cl. The summed E-state index contributed by atoms with van der Waals surface area (Å²) < 4.78 is 5.41. The fourth-order valence-electron chi connectivity index (χ4n) is 2.77. The summed E-state index contributed by atoms with van der Waals surface area (Å²) in [4.78, 5) is 20.6. The predicted molar refractivity (Wildman–Crippen MR) is 97.0 cm³/mol. The molecule has 2 aromatic rings. The van der Waals surface area contributed by atoms with Crippen molar-refractivity contribution in [3.63, 3.8) is 0 Å². The van der Waals surface area contributed by atoms with Gasteiger partial charge in [-0.25, -0.2) is 4.98 Å². The molecular weight excluding hydrogens is 328 g/mol. The summed E-state index contributed by atoms with van der Waals surface area (Å²) in [6.45, 7) is 2.81. The Hall–Kier alpha value is -2.47. The minimum absolute atomic E-state index is 0. The van der Waals surface area contributed by atoms with Crippen molar-refractivity contribution in [3.8, 4) is 5.75 Å². The van der Waals surface area contributed by atoms with Gasteiger partial charge in [0.1, 0.15) is 17.3 Å². The summed E-state index contributed by atoms with van der Waals surface area (Å²) in [7, 11) is 1.67. The molecular formula is C17H21ClN4O2. The number of nitrogens with two attached hydrogens (primary N) is 1. The van der Waals surface area contributed by atoms with Gasteiger partial charge >= 0.3 is 0 Å². The quantitative estimate of drug-likeness (QED) is 0.919. The molecule has 0 atom stereocenters. The first-order valence-electron chi connectivity index (χ1n) is 7.59. The average Bonchev–Trinajstić information content (AvgIpc) is 2.61. The number of carbonyl (C=O) groups excluding carboxylic acids is 1. The van der Waals surface area contributed by atoms with Gasteiger partial charge in [0.25, 0.3) is 5.91 Å². The Morgan fingerprint density at radius 3 is 2.46 bits per heavy atom. The number of hydrogen-bond donors (Lipinski definition) is 1. The first-order valence-corrected chi connectivity index (χ1v) is 7.59. The van der Waals surface area contributed by atoms with Crippen LogP contribution >= 0.6 is 12.4 Å². The van der Waals surface area contributed by atoms with Crippen molar-refractivity contribution in [2.45, 2.75) is 0 Å². The highest BCUT2D eigenvalue weighted by atomic mass is 35.5. The minimum atomic E-state index is -0.0722.